The van der Waals surface area contributed by atoms with Crippen LogP contribution in [0.1, 0.15) is 10.4 Å². The van der Waals surface area contributed by atoms with E-state index in [0.29, 0.717) is 0 Å². The molecule has 92 valence electrons. The number of hydrogen-bond acceptors (Lipinski definition) is 3. The van der Waals surface area contributed by atoms with E-state index in [9.17, 15) is 14.3 Å². The molecule has 18 heavy (non-hydrogen) atoms. The predicted octanol–water partition coefficient (Wildman–Crippen LogP) is 2.83. The smallest absolute Gasteiger partial charge is 0.259 e. The fraction of sp³-hybridized carbons (Fsp3) is 0. The van der Waals surface area contributed by atoms with Gasteiger partial charge in [-0.1, -0.05) is 11.6 Å². The molecule has 6 heteroatoms. The lowest BCUT2D eigenvalue weighted by atomic mass is 10.2. The molecule has 0 aliphatic carbocycles. The molecule has 0 atom stereocenters. The number of nitrogens with one attached hydrogen (secondary N) is 1. The first kappa shape index (κ1) is 12.3. The highest BCUT2D eigenvalue weighted by Gasteiger charge is 2.12. The number of benzene rings is 1. The van der Waals surface area contributed by atoms with Crippen molar-refractivity contribution in [1.82, 2.24) is 4.98 Å². The van der Waals surface area contributed by atoms with Crippen LogP contribution >= 0.6 is 11.6 Å². The van der Waals surface area contributed by atoms with Gasteiger partial charge in [-0.05, 0) is 24.3 Å². The normalized spacial score (nSPS) is 10.1. The molecule has 0 aliphatic rings. The Kier molecular flexibility index (Phi) is 3.43. The number of anilines is 1. The summed E-state index contributed by atoms with van der Waals surface area (Å²) in [5, 5.41) is 12.1. The number of nitrogens with zero attached hydrogens (tertiary/aromatic N) is 1. The zero-order valence-corrected chi connectivity index (χ0v) is 9.78. The third-order valence-electron chi connectivity index (χ3n) is 2.22. The van der Waals surface area contributed by atoms with E-state index in [2.05, 4.69) is 10.3 Å². The summed E-state index contributed by atoms with van der Waals surface area (Å²) in [6.45, 7) is 0. The van der Waals surface area contributed by atoms with Crippen LogP contribution in [0.5, 0.6) is 5.75 Å². The molecule has 1 amide bonds. The van der Waals surface area contributed by atoms with Gasteiger partial charge < -0.3 is 10.4 Å². The van der Waals surface area contributed by atoms with Crippen LogP contribution in [0.15, 0.2) is 36.7 Å². The van der Waals surface area contributed by atoms with Gasteiger partial charge in [0.05, 0.1) is 22.5 Å². The van der Waals surface area contributed by atoms with Crippen LogP contribution in [0.4, 0.5) is 10.1 Å². The minimum absolute atomic E-state index is 0.0327. The van der Waals surface area contributed by atoms with Gasteiger partial charge in [-0.2, -0.15) is 0 Å². The topological polar surface area (TPSA) is 62.2 Å². The summed E-state index contributed by atoms with van der Waals surface area (Å²) < 4.78 is 13.0. The molecule has 2 aromatic rings. The maximum Gasteiger partial charge on any atom is 0.259 e. The summed E-state index contributed by atoms with van der Waals surface area (Å²) in [5.41, 5.74) is 0.170. The lowest BCUT2D eigenvalue weighted by Gasteiger charge is -2.08. The van der Waals surface area contributed by atoms with Crippen LogP contribution in [-0.4, -0.2) is 16.0 Å². The van der Waals surface area contributed by atoms with E-state index in [-0.39, 0.29) is 22.0 Å². The van der Waals surface area contributed by atoms with Crippen molar-refractivity contribution in [3.05, 3.63) is 53.1 Å². The van der Waals surface area contributed by atoms with Crippen LogP contribution in [0, 0.1) is 5.82 Å². The van der Waals surface area contributed by atoms with Gasteiger partial charge in [0.15, 0.2) is 0 Å². The van der Waals surface area contributed by atoms with E-state index >= 15 is 0 Å². The number of amides is 1. The Hall–Kier alpha value is -2.14. The molecule has 1 heterocycles. The second-order valence-electron chi connectivity index (χ2n) is 3.47. The number of hydrogen-bond donors (Lipinski definition) is 2. The Labute approximate surface area is 107 Å². The van der Waals surface area contributed by atoms with Crippen molar-refractivity contribution < 1.29 is 14.3 Å². The van der Waals surface area contributed by atoms with E-state index in [1.54, 1.807) is 0 Å². The number of carbonyl (C=O) groups excluding carboxylic acids is 1. The molecule has 0 spiro atoms. The molecular weight excluding hydrogens is 259 g/mol. The molecule has 4 nitrogen and oxygen atoms in total. The minimum atomic E-state index is -0.595. The number of halogens is 2. The van der Waals surface area contributed by atoms with Gasteiger partial charge in [-0.15, -0.1) is 0 Å². The molecule has 2 rings (SSSR count). The summed E-state index contributed by atoms with van der Waals surface area (Å²) in [5.74, 6) is -1.38. The molecular formula is C12H8ClFN2O2. The standard InChI is InChI=1S/C12H8ClFN2O2/c13-9-2-1-7(14)5-10(9)16-12(18)8-3-4-15-6-11(8)17/h1-6,17H,(H,16,18). The van der Waals surface area contributed by atoms with Crippen LogP contribution in [0.25, 0.3) is 0 Å². The highest BCUT2D eigenvalue weighted by molar-refractivity contribution is 6.33. The fourth-order valence-corrected chi connectivity index (χ4v) is 1.53. The number of carbonyl (C=O) groups is 1. The molecule has 0 unspecified atom stereocenters. The average molecular weight is 267 g/mol. The third kappa shape index (κ3) is 2.57. The van der Waals surface area contributed by atoms with Gasteiger partial charge in [-0.3, -0.25) is 9.78 Å². The van der Waals surface area contributed by atoms with Gasteiger partial charge in [-0.25, -0.2) is 4.39 Å². The van der Waals surface area contributed by atoms with Crippen molar-refractivity contribution in [2.24, 2.45) is 0 Å². The van der Waals surface area contributed by atoms with E-state index in [1.807, 2.05) is 0 Å². The van der Waals surface area contributed by atoms with Crippen LogP contribution in [0.2, 0.25) is 5.02 Å². The molecule has 0 fully saturated rings. The average Bonchev–Trinajstić information content (AvgIpc) is 2.34. The Morgan fingerprint density at radius 1 is 1.39 bits per heavy atom. The summed E-state index contributed by atoms with van der Waals surface area (Å²) in [7, 11) is 0. The molecule has 0 saturated carbocycles. The Balaban J connectivity index is 2.27. The van der Waals surface area contributed by atoms with Crippen molar-refractivity contribution in [2.75, 3.05) is 5.32 Å². The van der Waals surface area contributed by atoms with Crippen LogP contribution in [0.3, 0.4) is 0 Å². The lowest BCUT2D eigenvalue weighted by molar-refractivity contribution is 0.102. The van der Waals surface area contributed by atoms with Gasteiger partial charge in [0, 0.05) is 6.20 Å². The largest absolute Gasteiger partial charge is 0.505 e. The Morgan fingerprint density at radius 2 is 2.17 bits per heavy atom. The fourth-order valence-electron chi connectivity index (χ4n) is 1.36. The Morgan fingerprint density at radius 3 is 2.89 bits per heavy atom. The molecule has 1 aromatic heterocycles. The van der Waals surface area contributed by atoms with E-state index in [4.69, 9.17) is 11.6 Å². The van der Waals surface area contributed by atoms with Crippen LogP contribution < -0.4 is 5.32 Å². The van der Waals surface area contributed by atoms with Crippen molar-refractivity contribution >= 4 is 23.2 Å². The predicted molar refractivity (Wildman–Crippen MR) is 65.3 cm³/mol. The third-order valence-corrected chi connectivity index (χ3v) is 2.55. The Bertz CT molecular complexity index is 604. The molecule has 2 N–H and O–H groups in total. The highest BCUT2D eigenvalue weighted by Crippen LogP contribution is 2.24. The summed E-state index contributed by atoms with van der Waals surface area (Å²) >= 11 is 5.81. The van der Waals surface area contributed by atoms with Gasteiger partial charge >= 0.3 is 0 Å². The molecule has 1 aromatic carbocycles. The van der Waals surface area contributed by atoms with E-state index in [1.165, 1.54) is 24.4 Å². The second kappa shape index (κ2) is 5.01. The lowest BCUT2D eigenvalue weighted by Crippen LogP contribution is -2.12. The quantitative estimate of drug-likeness (QED) is 0.879. The number of aromatic hydroxyl groups is 1. The molecule has 0 radical (unpaired) electrons. The highest BCUT2D eigenvalue weighted by atomic mass is 35.5. The maximum absolute atomic E-state index is 13.0. The van der Waals surface area contributed by atoms with Crippen LogP contribution in [-0.2, 0) is 0 Å². The first-order chi connectivity index (χ1) is 8.58. The summed E-state index contributed by atoms with van der Waals surface area (Å²) in [6.07, 6.45) is 2.50. The monoisotopic (exact) mass is 266 g/mol. The minimum Gasteiger partial charge on any atom is -0.505 e. The van der Waals surface area contributed by atoms with Crippen molar-refractivity contribution in [1.29, 1.82) is 0 Å². The number of pyridine rings is 1. The van der Waals surface area contributed by atoms with E-state index in [0.717, 1.165) is 12.3 Å². The SMILES string of the molecule is O=C(Nc1cc(F)ccc1Cl)c1ccncc1O. The van der Waals surface area contributed by atoms with Gasteiger partial charge in [0.1, 0.15) is 11.6 Å². The van der Waals surface area contributed by atoms with E-state index < -0.39 is 11.7 Å². The first-order valence-corrected chi connectivity index (χ1v) is 5.35. The molecule has 0 bridgehead atoms. The molecule has 0 saturated heterocycles. The first-order valence-electron chi connectivity index (χ1n) is 4.97. The number of rotatable bonds is 2. The molecule has 0 aliphatic heterocycles. The maximum atomic E-state index is 13.0. The summed E-state index contributed by atoms with van der Waals surface area (Å²) in [4.78, 5) is 15.5. The zero-order chi connectivity index (χ0) is 13.1. The van der Waals surface area contributed by atoms with Crippen molar-refractivity contribution in [3.8, 4) is 5.75 Å². The van der Waals surface area contributed by atoms with Crippen molar-refractivity contribution in [2.45, 2.75) is 0 Å². The van der Waals surface area contributed by atoms with Gasteiger partial charge in [0.2, 0.25) is 0 Å². The van der Waals surface area contributed by atoms with Crippen molar-refractivity contribution in [3.63, 3.8) is 0 Å². The summed E-state index contributed by atoms with van der Waals surface area (Å²) in [6, 6.07) is 4.96. The number of aromatic nitrogens is 1. The van der Waals surface area contributed by atoms with Gasteiger partial charge in [0.25, 0.3) is 5.91 Å². The zero-order valence-electron chi connectivity index (χ0n) is 9.02. The second-order valence-corrected chi connectivity index (χ2v) is 3.88.